The molecule has 0 bridgehead atoms. The Kier molecular flexibility index (Phi) is 3.75. The fourth-order valence-electron chi connectivity index (χ4n) is 1.37. The van der Waals surface area contributed by atoms with Crippen molar-refractivity contribution in [3.63, 3.8) is 0 Å². The van der Waals surface area contributed by atoms with Gasteiger partial charge in [0.15, 0.2) is 0 Å². The van der Waals surface area contributed by atoms with Crippen LogP contribution in [0.3, 0.4) is 0 Å². The fraction of sp³-hybridized carbons (Fsp3) is 0.167. The summed E-state index contributed by atoms with van der Waals surface area (Å²) in [5, 5.41) is 0.731. The van der Waals surface area contributed by atoms with Crippen LogP contribution in [0.25, 0.3) is 0 Å². The summed E-state index contributed by atoms with van der Waals surface area (Å²) < 4.78 is 0. The second kappa shape index (κ2) is 5.28. The van der Waals surface area contributed by atoms with Crippen LogP contribution in [0.5, 0.6) is 0 Å². The zero-order valence-electron chi connectivity index (χ0n) is 8.53. The molecule has 0 atom stereocenters. The van der Waals surface area contributed by atoms with Crippen molar-refractivity contribution in [3.8, 4) is 0 Å². The van der Waals surface area contributed by atoms with Crippen molar-refractivity contribution in [2.45, 2.75) is 12.3 Å². The number of halogens is 2. The third-order valence-corrected chi connectivity index (χ3v) is 2.71. The van der Waals surface area contributed by atoms with E-state index >= 15 is 0 Å². The molecule has 0 saturated heterocycles. The topological polar surface area (TPSA) is 25.8 Å². The van der Waals surface area contributed by atoms with Gasteiger partial charge in [-0.2, -0.15) is 0 Å². The molecule has 0 radical (unpaired) electrons. The lowest BCUT2D eigenvalue weighted by molar-refractivity contribution is 0.952. The standard InChI is InChI=1S/C12H10Cl2N2/c13-6-10-7-15-12(16-8-10)5-9-2-1-3-11(14)4-9/h1-4,7-8H,5-6H2. The first-order valence-corrected chi connectivity index (χ1v) is 5.79. The zero-order chi connectivity index (χ0) is 11.4. The van der Waals surface area contributed by atoms with Gasteiger partial charge in [-0.3, -0.25) is 0 Å². The van der Waals surface area contributed by atoms with Gasteiger partial charge in [0.05, 0.1) is 5.88 Å². The van der Waals surface area contributed by atoms with Gasteiger partial charge in [0.1, 0.15) is 5.82 Å². The molecule has 0 aliphatic carbocycles. The number of nitrogens with zero attached hydrogens (tertiary/aromatic N) is 2. The summed E-state index contributed by atoms with van der Waals surface area (Å²) in [6.07, 6.45) is 4.18. The Morgan fingerprint density at radius 1 is 1.06 bits per heavy atom. The van der Waals surface area contributed by atoms with Gasteiger partial charge < -0.3 is 0 Å². The van der Waals surface area contributed by atoms with Gasteiger partial charge in [-0.15, -0.1) is 11.6 Å². The predicted octanol–water partition coefficient (Wildman–Crippen LogP) is 3.46. The van der Waals surface area contributed by atoms with E-state index in [-0.39, 0.29) is 0 Å². The van der Waals surface area contributed by atoms with Gasteiger partial charge in [0.2, 0.25) is 0 Å². The lowest BCUT2D eigenvalue weighted by atomic mass is 10.1. The normalized spacial score (nSPS) is 10.4. The van der Waals surface area contributed by atoms with E-state index in [0.29, 0.717) is 12.3 Å². The summed E-state index contributed by atoms with van der Waals surface area (Å²) in [5.74, 6) is 1.22. The van der Waals surface area contributed by atoms with Crippen LogP contribution in [0.15, 0.2) is 36.7 Å². The van der Waals surface area contributed by atoms with Gasteiger partial charge in [-0.05, 0) is 17.7 Å². The lowest BCUT2D eigenvalue weighted by Gasteiger charge is -2.01. The highest BCUT2D eigenvalue weighted by Gasteiger charge is 2.00. The molecule has 2 rings (SSSR count). The van der Waals surface area contributed by atoms with Gasteiger partial charge >= 0.3 is 0 Å². The van der Waals surface area contributed by atoms with E-state index in [1.54, 1.807) is 12.4 Å². The number of aromatic nitrogens is 2. The molecule has 0 aliphatic heterocycles. The quantitative estimate of drug-likeness (QED) is 0.783. The van der Waals surface area contributed by atoms with E-state index in [1.807, 2.05) is 24.3 Å². The molecule has 0 saturated carbocycles. The van der Waals surface area contributed by atoms with Crippen molar-refractivity contribution in [3.05, 3.63) is 58.6 Å². The Hall–Kier alpha value is -1.12. The maximum atomic E-state index is 5.90. The molecular formula is C12H10Cl2N2. The molecule has 1 aromatic heterocycles. The molecule has 1 aromatic carbocycles. The molecule has 0 spiro atoms. The van der Waals surface area contributed by atoms with Crippen LogP contribution in [0.1, 0.15) is 17.0 Å². The highest BCUT2D eigenvalue weighted by Crippen LogP contribution is 2.13. The number of rotatable bonds is 3. The van der Waals surface area contributed by atoms with Crippen LogP contribution >= 0.6 is 23.2 Å². The Balaban J connectivity index is 2.14. The Morgan fingerprint density at radius 3 is 2.44 bits per heavy atom. The second-order valence-corrected chi connectivity index (χ2v) is 4.15. The molecule has 0 amide bonds. The third-order valence-electron chi connectivity index (χ3n) is 2.16. The van der Waals surface area contributed by atoms with E-state index in [2.05, 4.69) is 9.97 Å². The summed E-state index contributed by atoms with van der Waals surface area (Å²) in [4.78, 5) is 8.47. The first-order valence-electron chi connectivity index (χ1n) is 4.88. The summed E-state index contributed by atoms with van der Waals surface area (Å²) in [7, 11) is 0. The number of hydrogen-bond acceptors (Lipinski definition) is 2. The molecule has 16 heavy (non-hydrogen) atoms. The average Bonchev–Trinajstić information content (AvgIpc) is 2.30. The molecule has 82 valence electrons. The van der Waals surface area contributed by atoms with Crippen LogP contribution in [-0.2, 0) is 12.3 Å². The monoisotopic (exact) mass is 252 g/mol. The highest BCUT2D eigenvalue weighted by molar-refractivity contribution is 6.30. The van der Waals surface area contributed by atoms with Gasteiger partial charge in [-0.1, -0.05) is 23.7 Å². The summed E-state index contributed by atoms with van der Waals surface area (Å²) in [6.45, 7) is 0. The maximum absolute atomic E-state index is 5.90. The van der Waals surface area contributed by atoms with Crippen molar-refractivity contribution in [2.24, 2.45) is 0 Å². The maximum Gasteiger partial charge on any atom is 0.132 e. The summed E-state index contributed by atoms with van der Waals surface area (Å²) in [5.41, 5.74) is 2.03. The van der Waals surface area contributed by atoms with Gasteiger partial charge in [-0.25, -0.2) is 9.97 Å². The van der Waals surface area contributed by atoms with E-state index in [0.717, 1.165) is 22.0 Å². The second-order valence-electron chi connectivity index (χ2n) is 3.45. The molecule has 0 fully saturated rings. The number of benzene rings is 1. The molecule has 0 aliphatic rings. The van der Waals surface area contributed by atoms with Gasteiger partial charge in [0, 0.05) is 29.4 Å². The zero-order valence-corrected chi connectivity index (χ0v) is 10.0. The van der Waals surface area contributed by atoms with Crippen LogP contribution in [-0.4, -0.2) is 9.97 Å². The molecule has 0 unspecified atom stereocenters. The minimum absolute atomic E-state index is 0.442. The molecule has 1 heterocycles. The fourth-order valence-corrected chi connectivity index (χ4v) is 1.72. The first kappa shape index (κ1) is 11.4. The van der Waals surface area contributed by atoms with Crippen molar-refractivity contribution < 1.29 is 0 Å². The summed E-state index contributed by atoms with van der Waals surface area (Å²) >= 11 is 11.6. The molecular weight excluding hydrogens is 243 g/mol. The van der Waals surface area contributed by atoms with E-state index in [4.69, 9.17) is 23.2 Å². The molecule has 4 heteroatoms. The lowest BCUT2D eigenvalue weighted by Crippen LogP contribution is -1.97. The molecule has 2 aromatic rings. The smallest absolute Gasteiger partial charge is 0.132 e. The van der Waals surface area contributed by atoms with E-state index < -0.39 is 0 Å². The van der Waals surface area contributed by atoms with Crippen LogP contribution in [0.4, 0.5) is 0 Å². The van der Waals surface area contributed by atoms with Crippen LogP contribution < -0.4 is 0 Å². The average molecular weight is 253 g/mol. The predicted molar refractivity (Wildman–Crippen MR) is 65.8 cm³/mol. The minimum Gasteiger partial charge on any atom is -0.241 e. The van der Waals surface area contributed by atoms with Crippen molar-refractivity contribution >= 4 is 23.2 Å². The van der Waals surface area contributed by atoms with Gasteiger partial charge in [0.25, 0.3) is 0 Å². The van der Waals surface area contributed by atoms with E-state index in [1.165, 1.54) is 0 Å². The van der Waals surface area contributed by atoms with Crippen molar-refractivity contribution in [1.82, 2.24) is 9.97 Å². The Bertz CT molecular complexity index is 469. The van der Waals surface area contributed by atoms with Crippen LogP contribution in [0, 0.1) is 0 Å². The summed E-state index contributed by atoms with van der Waals surface area (Å²) in [6, 6.07) is 7.69. The Morgan fingerprint density at radius 2 is 1.81 bits per heavy atom. The van der Waals surface area contributed by atoms with Crippen LogP contribution in [0.2, 0.25) is 5.02 Å². The van der Waals surface area contributed by atoms with E-state index in [9.17, 15) is 0 Å². The SMILES string of the molecule is ClCc1cnc(Cc2cccc(Cl)c2)nc1. The molecule has 0 N–H and O–H groups in total. The largest absolute Gasteiger partial charge is 0.241 e. The third kappa shape index (κ3) is 2.94. The Labute approximate surface area is 104 Å². The number of alkyl halides is 1. The highest BCUT2D eigenvalue weighted by atomic mass is 35.5. The molecule has 2 nitrogen and oxygen atoms in total. The van der Waals surface area contributed by atoms with Crippen molar-refractivity contribution in [1.29, 1.82) is 0 Å². The first-order chi connectivity index (χ1) is 7.78. The van der Waals surface area contributed by atoms with Crippen molar-refractivity contribution in [2.75, 3.05) is 0 Å². The minimum atomic E-state index is 0.442. The number of hydrogen-bond donors (Lipinski definition) is 0.